The molecule has 2 heterocycles. The van der Waals surface area contributed by atoms with E-state index in [0.29, 0.717) is 23.4 Å². The Kier molecular flexibility index (Phi) is 6.05. The van der Waals surface area contributed by atoms with Gasteiger partial charge >= 0.3 is 12.0 Å². The lowest BCUT2D eigenvalue weighted by Gasteiger charge is -2.43. The second-order valence-corrected chi connectivity index (χ2v) is 8.95. The normalized spacial score (nSPS) is 24.4. The van der Waals surface area contributed by atoms with Crippen LogP contribution in [0.5, 0.6) is 11.5 Å². The van der Waals surface area contributed by atoms with Gasteiger partial charge in [0.15, 0.2) is 11.5 Å². The Labute approximate surface area is 195 Å². The van der Waals surface area contributed by atoms with Crippen LogP contribution in [0.15, 0.2) is 42.5 Å². The number of aliphatic carboxylic acids is 1. The second kappa shape index (κ2) is 8.67. The number of hydrogen-bond donors (Lipinski definition) is 1. The minimum Gasteiger partial charge on any atom is -0.480 e. The predicted octanol–water partition coefficient (Wildman–Crippen LogP) is 4.32. The fourth-order valence-electron chi connectivity index (χ4n) is 4.29. The molecule has 33 heavy (non-hydrogen) atoms. The number of carboxylic acid groups (broad SMARTS) is 1. The number of likely N-dealkylation sites (tertiary alicyclic amines) is 1. The van der Waals surface area contributed by atoms with Gasteiger partial charge in [-0.2, -0.15) is 4.39 Å². The first-order valence-electron chi connectivity index (χ1n) is 10.6. The number of imide groups is 1. The van der Waals surface area contributed by atoms with Crippen molar-refractivity contribution in [3.8, 4) is 11.5 Å². The van der Waals surface area contributed by atoms with Crippen molar-refractivity contribution in [2.24, 2.45) is 5.92 Å². The van der Waals surface area contributed by atoms with E-state index in [-0.39, 0.29) is 23.8 Å². The maximum atomic E-state index is 13.9. The van der Waals surface area contributed by atoms with Gasteiger partial charge in [-0.05, 0) is 54.2 Å². The Morgan fingerprint density at radius 1 is 1.21 bits per heavy atom. The number of β-lactam (4-membered cyclic amide) rings is 1. The summed E-state index contributed by atoms with van der Waals surface area (Å²) >= 11 is 5.98. The molecule has 2 aromatic rings. The summed E-state index contributed by atoms with van der Waals surface area (Å²) in [6.07, 6.45) is 0.701. The van der Waals surface area contributed by atoms with Crippen molar-refractivity contribution in [1.29, 1.82) is 0 Å². The first kappa shape index (κ1) is 23.0. The van der Waals surface area contributed by atoms with Crippen molar-refractivity contribution >= 4 is 29.4 Å². The summed E-state index contributed by atoms with van der Waals surface area (Å²) in [5, 5.41) is 10.2. The number of carbonyl (C=O) groups is 3. The van der Waals surface area contributed by atoms with Gasteiger partial charge in [0.1, 0.15) is 6.04 Å². The topological polar surface area (TPSA) is 93.1 Å². The lowest BCUT2D eigenvalue weighted by molar-refractivity contribution is -0.177. The molecule has 0 saturated carbocycles. The molecule has 9 heteroatoms. The highest BCUT2D eigenvalue weighted by Crippen LogP contribution is 2.42. The molecule has 0 aliphatic carbocycles. The number of alkyl halides is 1. The van der Waals surface area contributed by atoms with E-state index in [1.165, 1.54) is 0 Å². The van der Waals surface area contributed by atoms with Gasteiger partial charge in [0.25, 0.3) is 0 Å². The van der Waals surface area contributed by atoms with E-state index < -0.39 is 35.8 Å². The summed E-state index contributed by atoms with van der Waals surface area (Å²) < 4.78 is 24.0. The van der Waals surface area contributed by atoms with Crippen LogP contribution < -0.4 is 9.47 Å². The SMILES string of the molecule is C[C@@H](CC(=O)N1C(=O)[C@H](CCc2cccc(Cl)c2)[C@H]1C(=O)O)c1ccc2c(c1)OC(C)(F)O2. The zero-order valence-electron chi connectivity index (χ0n) is 18.1. The van der Waals surface area contributed by atoms with Crippen molar-refractivity contribution in [1.82, 2.24) is 4.90 Å². The number of nitrogens with zero attached hydrogens (tertiary/aromatic N) is 1. The molecule has 0 spiro atoms. The zero-order chi connectivity index (χ0) is 23.9. The number of rotatable bonds is 7. The number of aryl methyl sites for hydroxylation is 1. The molecular formula is C24H23ClFNO6. The molecule has 1 fully saturated rings. The number of carbonyl (C=O) groups excluding carboxylic acids is 2. The minimum absolute atomic E-state index is 0.0803. The third kappa shape index (κ3) is 4.66. The van der Waals surface area contributed by atoms with Crippen LogP contribution >= 0.6 is 11.6 Å². The Morgan fingerprint density at radius 2 is 1.94 bits per heavy atom. The first-order chi connectivity index (χ1) is 15.6. The van der Waals surface area contributed by atoms with E-state index in [1.807, 2.05) is 6.07 Å². The second-order valence-electron chi connectivity index (χ2n) is 8.51. The molecule has 4 atom stereocenters. The highest BCUT2D eigenvalue weighted by Gasteiger charge is 2.54. The highest BCUT2D eigenvalue weighted by molar-refractivity contribution is 6.30. The number of carboxylic acids is 1. The molecule has 1 N–H and O–H groups in total. The molecule has 2 aromatic carbocycles. The maximum Gasteiger partial charge on any atom is 0.404 e. The van der Waals surface area contributed by atoms with Gasteiger partial charge in [-0.1, -0.05) is 36.7 Å². The van der Waals surface area contributed by atoms with Crippen LogP contribution in [0.3, 0.4) is 0 Å². The summed E-state index contributed by atoms with van der Waals surface area (Å²) in [6, 6.07) is 8.51. The van der Waals surface area contributed by atoms with Crippen LogP contribution in [0.1, 0.15) is 43.7 Å². The van der Waals surface area contributed by atoms with Crippen molar-refractivity contribution in [2.75, 3.05) is 0 Å². The van der Waals surface area contributed by atoms with Crippen LogP contribution in [0, 0.1) is 5.92 Å². The van der Waals surface area contributed by atoms with Crippen molar-refractivity contribution < 1.29 is 33.4 Å². The summed E-state index contributed by atoms with van der Waals surface area (Å²) in [7, 11) is 0. The van der Waals surface area contributed by atoms with Gasteiger partial charge in [0, 0.05) is 18.4 Å². The van der Waals surface area contributed by atoms with Gasteiger partial charge in [-0.15, -0.1) is 0 Å². The third-order valence-corrected chi connectivity index (χ3v) is 6.21. The van der Waals surface area contributed by atoms with Crippen LogP contribution in [0.2, 0.25) is 5.02 Å². The summed E-state index contributed by atoms with van der Waals surface area (Å²) in [4.78, 5) is 38.2. The predicted molar refractivity (Wildman–Crippen MR) is 117 cm³/mol. The van der Waals surface area contributed by atoms with Crippen LogP contribution in [0.4, 0.5) is 4.39 Å². The molecule has 2 aliphatic heterocycles. The Bertz CT molecular complexity index is 1120. The summed E-state index contributed by atoms with van der Waals surface area (Å²) in [6.45, 7) is 2.91. The molecular weight excluding hydrogens is 453 g/mol. The lowest BCUT2D eigenvalue weighted by Crippen LogP contribution is -2.66. The lowest BCUT2D eigenvalue weighted by atomic mass is 9.81. The monoisotopic (exact) mass is 475 g/mol. The summed E-state index contributed by atoms with van der Waals surface area (Å²) in [5.41, 5.74) is 1.57. The van der Waals surface area contributed by atoms with Gasteiger partial charge in [-0.3, -0.25) is 14.5 Å². The molecule has 4 rings (SSSR count). The fraction of sp³-hybridized carbons (Fsp3) is 0.375. The average Bonchev–Trinajstić information content (AvgIpc) is 3.04. The molecule has 0 bridgehead atoms. The fourth-order valence-corrected chi connectivity index (χ4v) is 4.51. The zero-order valence-corrected chi connectivity index (χ0v) is 18.8. The van der Waals surface area contributed by atoms with Crippen molar-refractivity contribution in [3.63, 3.8) is 0 Å². The summed E-state index contributed by atoms with van der Waals surface area (Å²) in [5.74, 6) is -2.90. The van der Waals surface area contributed by atoms with E-state index in [9.17, 15) is 23.9 Å². The van der Waals surface area contributed by atoms with Crippen LogP contribution in [0.25, 0.3) is 0 Å². The molecule has 1 unspecified atom stereocenters. The van der Waals surface area contributed by atoms with Crippen LogP contribution in [-0.4, -0.2) is 39.9 Å². The average molecular weight is 476 g/mol. The number of amides is 2. The number of benzene rings is 2. The maximum absolute atomic E-state index is 13.9. The van der Waals surface area contributed by atoms with Crippen molar-refractivity contribution in [3.05, 3.63) is 58.6 Å². The van der Waals surface area contributed by atoms with E-state index in [1.54, 1.807) is 43.3 Å². The molecule has 2 amide bonds. The first-order valence-corrected chi connectivity index (χ1v) is 11.0. The van der Waals surface area contributed by atoms with E-state index >= 15 is 0 Å². The largest absolute Gasteiger partial charge is 0.480 e. The molecule has 2 aliphatic rings. The van der Waals surface area contributed by atoms with E-state index in [0.717, 1.165) is 17.4 Å². The number of halogens is 2. The number of ether oxygens (including phenoxy) is 2. The van der Waals surface area contributed by atoms with Gasteiger partial charge in [0.05, 0.1) is 5.92 Å². The van der Waals surface area contributed by atoms with Crippen LogP contribution in [-0.2, 0) is 20.8 Å². The molecule has 0 aromatic heterocycles. The van der Waals surface area contributed by atoms with E-state index in [2.05, 4.69) is 0 Å². The molecule has 7 nitrogen and oxygen atoms in total. The molecule has 174 valence electrons. The van der Waals surface area contributed by atoms with Gasteiger partial charge in [0.2, 0.25) is 11.8 Å². The smallest absolute Gasteiger partial charge is 0.404 e. The Balaban J connectivity index is 1.40. The van der Waals surface area contributed by atoms with Gasteiger partial charge < -0.3 is 14.6 Å². The molecule has 1 saturated heterocycles. The quantitative estimate of drug-likeness (QED) is 0.599. The minimum atomic E-state index is -2.25. The highest BCUT2D eigenvalue weighted by atomic mass is 35.5. The Hall–Kier alpha value is -3.13. The van der Waals surface area contributed by atoms with Gasteiger partial charge in [-0.25, -0.2) is 4.79 Å². The molecule has 0 radical (unpaired) electrons. The van der Waals surface area contributed by atoms with Crippen molar-refractivity contribution in [2.45, 2.75) is 51.1 Å². The van der Waals surface area contributed by atoms with E-state index in [4.69, 9.17) is 21.1 Å². The number of fused-ring (bicyclic) bond motifs is 1. The standard InChI is InChI=1S/C24H23ClFNO6/c1-13(15-7-9-18-19(12-15)33-24(2,26)32-18)10-20(28)27-21(23(30)31)17(22(27)29)8-6-14-4-3-5-16(25)11-14/h3-5,7,9,11-13,17,21H,6,8,10H2,1-2H3,(H,30,31)/t13-,17+,21-,24?/m0/s1. The Morgan fingerprint density at radius 3 is 2.64 bits per heavy atom. The third-order valence-electron chi connectivity index (χ3n) is 5.97. The number of hydrogen-bond acceptors (Lipinski definition) is 5.